The molecule has 0 aliphatic carbocycles. The summed E-state index contributed by atoms with van der Waals surface area (Å²) in [7, 11) is 1.63. The van der Waals surface area contributed by atoms with Crippen LogP contribution in [-0.2, 0) is 11.3 Å². The maximum absolute atomic E-state index is 11.5. The summed E-state index contributed by atoms with van der Waals surface area (Å²) < 4.78 is 5.08. The zero-order chi connectivity index (χ0) is 11.5. The standard InChI is InChI=1S/C12H13NO2S/c1-15-10-4-2-9(3-5-10)8-13-11(14)6-7-12(13)16/h2-5H,6-8H2,1H3. The van der Waals surface area contributed by atoms with Crippen molar-refractivity contribution >= 4 is 23.1 Å². The van der Waals surface area contributed by atoms with Crippen LogP contribution in [0.3, 0.4) is 0 Å². The predicted molar refractivity (Wildman–Crippen MR) is 65.4 cm³/mol. The fraction of sp³-hybridized carbons (Fsp3) is 0.333. The first-order valence-electron chi connectivity index (χ1n) is 5.17. The van der Waals surface area contributed by atoms with E-state index in [1.54, 1.807) is 12.0 Å². The van der Waals surface area contributed by atoms with Crippen LogP contribution in [0.1, 0.15) is 18.4 Å². The molecule has 0 radical (unpaired) electrons. The molecule has 1 aromatic rings. The first kappa shape index (κ1) is 11.1. The van der Waals surface area contributed by atoms with Gasteiger partial charge >= 0.3 is 0 Å². The van der Waals surface area contributed by atoms with E-state index < -0.39 is 0 Å². The van der Waals surface area contributed by atoms with Crippen molar-refractivity contribution < 1.29 is 9.53 Å². The third-order valence-electron chi connectivity index (χ3n) is 2.65. The predicted octanol–water partition coefficient (Wildman–Crippen LogP) is 2.15. The van der Waals surface area contributed by atoms with Gasteiger partial charge < -0.3 is 9.64 Å². The number of carbonyl (C=O) groups is 1. The molecule has 1 saturated heterocycles. The Balaban J connectivity index is 2.08. The molecule has 84 valence electrons. The Kier molecular flexibility index (Phi) is 3.19. The zero-order valence-electron chi connectivity index (χ0n) is 9.10. The van der Waals surface area contributed by atoms with Gasteiger partial charge in [0, 0.05) is 12.8 Å². The largest absolute Gasteiger partial charge is 0.497 e. The molecule has 1 aliphatic rings. The molecular weight excluding hydrogens is 222 g/mol. The molecule has 1 fully saturated rings. The highest BCUT2D eigenvalue weighted by Gasteiger charge is 2.25. The van der Waals surface area contributed by atoms with Gasteiger partial charge in [0.1, 0.15) is 5.75 Å². The smallest absolute Gasteiger partial charge is 0.228 e. The van der Waals surface area contributed by atoms with Crippen LogP contribution >= 0.6 is 12.2 Å². The van der Waals surface area contributed by atoms with Crippen LogP contribution in [0.25, 0.3) is 0 Å². The highest BCUT2D eigenvalue weighted by atomic mass is 32.1. The minimum Gasteiger partial charge on any atom is -0.497 e. The summed E-state index contributed by atoms with van der Waals surface area (Å²) in [5, 5.41) is 0. The van der Waals surface area contributed by atoms with Crippen molar-refractivity contribution in [2.45, 2.75) is 19.4 Å². The van der Waals surface area contributed by atoms with Gasteiger partial charge in [-0.2, -0.15) is 0 Å². The first-order chi connectivity index (χ1) is 7.70. The average molecular weight is 235 g/mol. The van der Waals surface area contributed by atoms with Crippen molar-refractivity contribution in [1.29, 1.82) is 0 Å². The molecule has 1 aliphatic heterocycles. The van der Waals surface area contributed by atoms with E-state index in [4.69, 9.17) is 17.0 Å². The second kappa shape index (κ2) is 4.61. The number of hydrogen-bond donors (Lipinski definition) is 0. The molecule has 16 heavy (non-hydrogen) atoms. The Morgan fingerprint density at radius 3 is 2.50 bits per heavy atom. The van der Waals surface area contributed by atoms with Crippen molar-refractivity contribution in [2.75, 3.05) is 7.11 Å². The number of carbonyl (C=O) groups excluding carboxylic acids is 1. The van der Waals surface area contributed by atoms with Gasteiger partial charge in [-0.1, -0.05) is 24.4 Å². The molecular formula is C12H13NO2S. The van der Waals surface area contributed by atoms with E-state index in [-0.39, 0.29) is 5.91 Å². The van der Waals surface area contributed by atoms with E-state index in [2.05, 4.69) is 0 Å². The summed E-state index contributed by atoms with van der Waals surface area (Å²) in [6.45, 7) is 0.571. The number of methoxy groups -OCH3 is 1. The van der Waals surface area contributed by atoms with Gasteiger partial charge in [0.15, 0.2) is 0 Å². The van der Waals surface area contributed by atoms with E-state index >= 15 is 0 Å². The molecule has 0 N–H and O–H groups in total. The summed E-state index contributed by atoms with van der Waals surface area (Å²) in [6.07, 6.45) is 1.26. The Labute approximate surface area is 100 Å². The number of nitrogens with zero attached hydrogens (tertiary/aromatic N) is 1. The fourth-order valence-electron chi connectivity index (χ4n) is 1.71. The Morgan fingerprint density at radius 2 is 2.00 bits per heavy atom. The summed E-state index contributed by atoms with van der Waals surface area (Å²) in [4.78, 5) is 14.0. The van der Waals surface area contributed by atoms with Crippen molar-refractivity contribution in [3.8, 4) is 5.75 Å². The van der Waals surface area contributed by atoms with Gasteiger partial charge in [0.05, 0.1) is 18.6 Å². The van der Waals surface area contributed by atoms with Crippen LogP contribution in [0.15, 0.2) is 24.3 Å². The van der Waals surface area contributed by atoms with Gasteiger partial charge in [-0.15, -0.1) is 0 Å². The number of rotatable bonds is 3. The SMILES string of the molecule is COc1ccc(CN2C(=O)CCC2=S)cc1. The molecule has 0 atom stereocenters. The molecule has 0 saturated carbocycles. The number of amides is 1. The maximum Gasteiger partial charge on any atom is 0.228 e. The molecule has 0 aromatic heterocycles. The minimum atomic E-state index is 0.126. The topological polar surface area (TPSA) is 29.5 Å². The normalized spacial score (nSPS) is 15.7. The summed E-state index contributed by atoms with van der Waals surface area (Å²) in [6, 6.07) is 7.68. The Morgan fingerprint density at radius 1 is 1.31 bits per heavy atom. The number of likely N-dealkylation sites (tertiary alicyclic amines) is 1. The second-order valence-electron chi connectivity index (χ2n) is 3.72. The van der Waals surface area contributed by atoms with Crippen LogP contribution in [0.5, 0.6) is 5.75 Å². The summed E-state index contributed by atoms with van der Waals surface area (Å²) >= 11 is 5.15. The van der Waals surface area contributed by atoms with Gasteiger partial charge in [-0.05, 0) is 17.7 Å². The van der Waals surface area contributed by atoms with Gasteiger partial charge in [0.2, 0.25) is 5.91 Å². The number of benzene rings is 1. The quantitative estimate of drug-likeness (QED) is 0.752. The van der Waals surface area contributed by atoms with Gasteiger partial charge in [-0.25, -0.2) is 0 Å². The number of ether oxygens (including phenoxy) is 1. The lowest BCUT2D eigenvalue weighted by Gasteiger charge is -2.15. The molecule has 0 unspecified atom stereocenters. The third kappa shape index (κ3) is 2.22. The van der Waals surface area contributed by atoms with Crippen LogP contribution in [0, 0.1) is 0 Å². The van der Waals surface area contributed by atoms with Crippen LogP contribution in [-0.4, -0.2) is 22.9 Å². The van der Waals surface area contributed by atoms with E-state index in [0.717, 1.165) is 16.3 Å². The van der Waals surface area contributed by atoms with Crippen molar-refractivity contribution in [2.24, 2.45) is 0 Å². The van der Waals surface area contributed by atoms with Crippen molar-refractivity contribution in [1.82, 2.24) is 4.90 Å². The van der Waals surface area contributed by atoms with Crippen molar-refractivity contribution in [3.63, 3.8) is 0 Å². The van der Waals surface area contributed by atoms with E-state index in [1.165, 1.54) is 0 Å². The molecule has 0 bridgehead atoms. The molecule has 4 heteroatoms. The molecule has 1 aromatic carbocycles. The molecule has 0 spiro atoms. The zero-order valence-corrected chi connectivity index (χ0v) is 9.92. The van der Waals surface area contributed by atoms with E-state index in [1.807, 2.05) is 24.3 Å². The van der Waals surface area contributed by atoms with Crippen LogP contribution in [0.4, 0.5) is 0 Å². The fourth-order valence-corrected chi connectivity index (χ4v) is 1.98. The molecule has 1 heterocycles. The molecule has 3 nitrogen and oxygen atoms in total. The maximum atomic E-state index is 11.5. The van der Waals surface area contributed by atoms with Gasteiger partial charge in [-0.3, -0.25) is 4.79 Å². The van der Waals surface area contributed by atoms with Crippen LogP contribution in [0.2, 0.25) is 0 Å². The van der Waals surface area contributed by atoms with E-state index in [9.17, 15) is 4.79 Å². The lowest BCUT2D eigenvalue weighted by Crippen LogP contribution is -2.27. The average Bonchev–Trinajstić information content (AvgIpc) is 2.62. The highest BCUT2D eigenvalue weighted by molar-refractivity contribution is 7.80. The van der Waals surface area contributed by atoms with E-state index in [0.29, 0.717) is 19.4 Å². The minimum absolute atomic E-state index is 0.126. The first-order valence-corrected chi connectivity index (χ1v) is 5.57. The molecule has 2 rings (SSSR count). The lowest BCUT2D eigenvalue weighted by atomic mass is 10.2. The Hall–Kier alpha value is -1.42. The van der Waals surface area contributed by atoms with Crippen LogP contribution < -0.4 is 4.74 Å². The summed E-state index contributed by atoms with van der Waals surface area (Å²) in [5.74, 6) is 0.944. The highest BCUT2D eigenvalue weighted by Crippen LogP contribution is 2.18. The van der Waals surface area contributed by atoms with Gasteiger partial charge in [0.25, 0.3) is 0 Å². The second-order valence-corrected chi connectivity index (χ2v) is 4.19. The molecule has 1 amide bonds. The summed E-state index contributed by atoms with van der Waals surface area (Å²) in [5.41, 5.74) is 1.07. The van der Waals surface area contributed by atoms with Crippen molar-refractivity contribution in [3.05, 3.63) is 29.8 Å². The number of hydrogen-bond acceptors (Lipinski definition) is 3. The third-order valence-corrected chi connectivity index (χ3v) is 3.08. The number of thiocarbonyl (C=S) groups is 1. The monoisotopic (exact) mass is 235 g/mol. The Bertz CT molecular complexity index is 398. The lowest BCUT2D eigenvalue weighted by molar-refractivity contribution is -0.126.